The molecule has 0 saturated heterocycles. The fourth-order valence-electron chi connectivity index (χ4n) is 10.6. The van der Waals surface area contributed by atoms with Gasteiger partial charge in [0.15, 0.2) is 5.69 Å². The van der Waals surface area contributed by atoms with E-state index in [4.69, 9.17) is 14.6 Å². The van der Waals surface area contributed by atoms with Gasteiger partial charge < -0.3 is 35.0 Å². The third-order valence-corrected chi connectivity index (χ3v) is 13.8. The van der Waals surface area contributed by atoms with Gasteiger partial charge in [0.25, 0.3) is 23.6 Å². The first-order valence-electron chi connectivity index (χ1n) is 22.4. The van der Waals surface area contributed by atoms with Gasteiger partial charge >= 0.3 is 5.97 Å². The van der Waals surface area contributed by atoms with E-state index in [2.05, 4.69) is 10.6 Å². The largest absolute Gasteiger partial charge is 0.496 e. The summed E-state index contributed by atoms with van der Waals surface area (Å²) in [4.78, 5) is 81.8. The van der Waals surface area contributed by atoms with Crippen molar-refractivity contribution >= 4 is 35.5 Å². The predicted molar refractivity (Wildman–Crippen MR) is 238 cm³/mol. The molecule has 16 heteroatoms. The highest BCUT2D eigenvalue weighted by molar-refractivity contribution is 6.13. The number of hydrogen-bond acceptors (Lipinski definition) is 10. The molecule has 0 spiro atoms. The highest BCUT2D eigenvalue weighted by atomic mass is 16.5. The highest BCUT2D eigenvalue weighted by Crippen LogP contribution is 2.58. The number of carbonyl (C=O) groups excluding carboxylic acids is 5. The second-order valence-electron chi connectivity index (χ2n) is 18.1. The number of aliphatic carboxylic acids is 1. The Kier molecular flexibility index (Phi) is 13.9. The van der Waals surface area contributed by atoms with Crippen LogP contribution in [0.25, 0.3) is 16.9 Å². The number of methoxy groups -OCH3 is 2. The molecule has 16 nitrogen and oxygen atoms in total. The molecule has 1 aliphatic heterocycles. The summed E-state index contributed by atoms with van der Waals surface area (Å²) in [5.74, 6) is -0.966. The Labute approximate surface area is 374 Å². The number of imide groups is 1. The monoisotopic (exact) mass is 879 g/mol. The van der Waals surface area contributed by atoms with Crippen LogP contribution in [0.3, 0.4) is 0 Å². The van der Waals surface area contributed by atoms with E-state index in [-0.39, 0.29) is 48.2 Å². The quantitative estimate of drug-likeness (QED) is 0.103. The fraction of sp³-hybridized carbons (Fsp3) is 0.521. The lowest BCUT2D eigenvalue weighted by molar-refractivity contribution is -0.163. The van der Waals surface area contributed by atoms with Crippen molar-refractivity contribution in [1.82, 2.24) is 35.1 Å². The van der Waals surface area contributed by atoms with Crippen molar-refractivity contribution in [3.63, 3.8) is 0 Å². The van der Waals surface area contributed by atoms with Crippen molar-refractivity contribution in [2.45, 2.75) is 76.7 Å². The third-order valence-electron chi connectivity index (χ3n) is 13.8. The number of carbonyl (C=O) groups is 6. The first-order chi connectivity index (χ1) is 30.7. The molecular weight excluding hydrogens is 819 g/mol. The summed E-state index contributed by atoms with van der Waals surface area (Å²) >= 11 is 0. The number of aromatic nitrogens is 2. The van der Waals surface area contributed by atoms with E-state index in [0.717, 1.165) is 42.6 Å². The summed E-state index contributed by atoms with van der Waals surface area (Å²) in [5, 5.41) is 22.1. The van der Waals surface area contributed by atoms with Gasteiger partial charge in [-0.15, -0.1) is 0 Å². The summed E-state index contributed by atoms with van der Waals surface area (Å²) in [5.41, 5.74) is 1.72. The Morgan fingerprint density at radius 2 is 1.45 bits per heavy atom. The van der Waals surface area contributed by atoms with Crippen LogP contribution in [-0.2, 0) is 19.2 Å². The van der Waals surface area contributed by atoms with Crippen LogP contribution in [0.1, 0.15) is 97.5 Å². The lowest BCUT2D eigenvalue weighted by Crippen LogP contribution is -2.70. The molecule has 5 aliphatic rings. The lowest BCUT2D eigenvalue weighted by Gasteiger charge is -2.59. The molecule has 2 aromatic carbocycles. The molecule has 3 N–H and O–H groups in total. The molecule has 0 unspecified atom stereocenters. The number of ether oxygens (including phenoxy) is 2. The van der Waals surface area contributed by atoms with Gasteiger partial charge in [-0.05, 0) is 130 Å². The van der Waals surface area contributed by atoms with E-state index in [0.29, 0.717) is 84.9 Å². The number of carboxylic acids is 1. The maximum absolute atomic E-state index is 14.4. The first kappa shape index (κ1) is 46.0. The number of carboxylic acid groups (broad SMARTS) is 1. The van der Waals surface area contributed by atoms with Crippen molar-refractivity contribution in [3.05, 3.63) is 71.4 Å². The zero-order valence-corrected chi connectivity index (χ0v) is 37.7. The van der Waals surface area contributed by atoms with Gasteiger partial charge in [-0.25, -0.2) is 9.48 Å². The molecular formula is C48H61N7O9. The Hall–Kier alpha value is -6.03. The molecule has 2 heterocycles. The molecule has 5 amide bonds. The van der Waals surface area contributed by atoms with E-state index in [9.17, 15) is 33.9 Å². The zero-order chi connectivity index (χ0) is 45.9. The van der Waals surface area contributed by atoms with Crippen LogP contribution in [0, 0.1) is 23.7 Å². The Balaban J connectivity index is 1.03. The Morgan fingerprint density at radius 3 is 2.02 bits per heavy atom. The molecule has 64 heavy (non-hydrogen) atoms. The third kappa shape index (κ3) is 9.15. The number of rotatable bonds is 20. The molecule has 8 rings (SSSR count). The molecule has 1 aromatic heterocycles. The summed E-state index contributed by atoms with van der Waals surface area (Å²) in [6, 6.07) is 12.5. The predicted octanol–water partition coefficient (Wildman–Crippen LogP) is 4.90. The van der Waals surface area contributed by atoms with Gasteiger partial charge in [-0.1, -0.05) is 19.9 Å². The van der Waals surface area contributed by atoms with E-state index in [1.54, 1.807) is 67.1 Å². The van der Waals surface area contributed by atoms with Crippen molar-refractivity contribution < 1.29 is 43.3 Å². The standard InChI is InChI=1S/C48H61N7O9/c1-29(2)35-27-32(46(60)53(4)20-9-18-49-17-8-19-52(3)41(56)16-21-54-42(57)14-15-43(54)58)12-13-37(35)55-38(44-39(63-5)10-7-11-40(44)64-6)28-36(51-55)45(59)50-48(47(61)62)33-23-30-22-31(25-33)26-34(48)24-30/h7,10-15,27-31,33-34,49H,8-9,16-26H2,1-6H3,(H,50,59)(H,61,62). The van der Waals surface area contributed by atoms with Crippen molar-refractivity contribution in [2.75, 3.05) is 61.0 Å². The number of benzene rings is 2. The van der Waals surface area contributed by atoms with Crippen molar-refractivity contribution in [3.8, 4) is 28.4 Å². The maximum atomic E-state index is 14.4. The first-order valence-corrected chi connectivity index (χ1v) is 22.4. The summed E-state index contributed by atoms with van der Waals surface area (Å²) in [6.45, 7) is 6.47. The average Bonchev–Trinajstić information content (AvgIpc) is 3.86. The van der Waals surface area contributed by atoms with Crippen LogP contribution < -0.4 is 20.1 Å². The van der Waals surface area contributed by atoms with Gasteiger partial charge in [-0.3, -0.25) is 28.9 Å². The summed E-state index contributed by atoms with van der Waals surface area (Å²) in [6.07, 6.45) is 8.24. The average molecular weight is 880 g/mol. The number of nitrogens with zero attached hydrogens (tertiary/aromatic N) is 5. The molecule has 4 fully saturated rings. The van der Waals surface area contributed by atoms with E-state index in [1.165, 1.54) is 12.2 Å². The van der Waals surface area contributed by atoms with Crippen LogP contribution in [0.2, 0.25) is 0 Å². The summed E-state index contributed by atoms with van der Waals surface area (Å²) in [7, 11) is 6.58. The summed E-state index contributed by atoms with van der Waals surface area (Å²) < 4.78 is 13.3. The van der Waals surface area contributed by atoms with Crippen LogP contribution >= 0.6 is 0 Å². The highest BCUT2D eigenvalue weighted by Gasteiger charge is 2.62. The van der Waals surface area contributed by atoms with Gasteiger partial charge in [0.2, 0.25) is 5.91 Å². The van der Waals surface area contributed by atoms with Crippen molar-refractivity contribution in [1.29, 1.82) is 0 Å². The second kappa shape index (κ2) is 19.4. The number of amides is 5. The Morgan fingerprint density at radius 1 is 0.859 bits per heavy atom. The van der Waals surface area contributed by atoms with Gasteiger partial charge in [-0.2, -0.15) is 5.10 Å². The molecule has 4 saturated carbocycles. The minimum atomic E-state index is -1.36. The smallest absolute Gasteiger partial charge is 0.330 e. The number of hydrogen-bond donors (Lipinski definition) is 3. The normalized spacial score (nSPS) is 22.0. The number of nitrogens with one attached hydrogen (secondary N) is 2. The Bertz CT molecular complexity index is 2250. The van der Waals surface area contributed by atoms with E-state index < -0.39 is 29.2 Å². The molecule has 4 bridgehead atoms. The van der Waals surface area contributed by atoms with Gasteiger partial charge in [0.05, 0.1) is 31.2 Å². The van der Waals surface area contributed by atoms with Crippen LogP contribution in [0.15, 0.2) is 54.6 Å². The minimum Gasteiger partial charge on any atom is -0.496 e. The van der Waals surface area contributed by atoms with Crippen LogP contribution in [0.4, 0.5) is 0 Å². The topological polar surface area (TPSA) is 193 Å². The molecule has 0 radical (unpaired) electrons. The second-order valence-corrected chi connectivity index (χ2v) is 18.1. The van der Waals surface area contributed by atoms with Gasteiger partial charge in [0, 0.05) is 57.9 Å². The molecule has 4 aliphatic carbocycles. The lowest BCUT2D eigenvalue weighted by atomic mass is 9.48. The molecule has 0 atom stereocenters. The SMILES string of the molecule is COc1cccc(OC)c1-c1cc(C(=O)NC2(C(=O)O)C3CC4CC(C3)CC2C4)nn1-c1ccc(C(=O)N(C)CCCNCCCN(C)C(=O)CCN2C(=O)C=CC2=O)cc1C(C)C. The van der Waals surface area contributed by atoms with Crippen molar-refractivity contribution in [2.24, 2.45) is 23.7 Å². The van der Waals surface area contributed by atoms with Crippen LogP contribution in [-0.4, -0.2) is 132 Å². The fourth-order valence-corrected chi connectivity index (χ4v) is 10.6. The molecule has 3 aromatic rings. The minimum absolute atomic E-state index is 0.0597. The molecule has 342 valence electrons. The zero-order valence-electron chi connectivity index (χ0n) is 37.7. The van der Waals surface area contributed by atoms with E-state index in [1.807, 2.05) is 32.0 Å². The maximum Gasteiger partial charge on any atom is 0.330 e. The van der Waals surface area contributed by atoms with E-state index >= 15 is 0 Å². The van der Waals surface area contributed by atoms with Crippen LogP contribution in [0.5, 0.6) is 11.5 Å². The van der Waals surface area contributed by atoms with Gasteiger partial charge in [0.1, 0.15) is 17.0 Å².